The minimum atomic E-state index is -0.105. The lowest BCUT2D eigenvalue weighted by molar-refractivity contribution is 0.0525. The zero-order valence-electron chi connectivity index (χ0n) is 14.5. The molecule has 1 fully saturated rings. The quantitative estimate of drug-likeness (QED) is 0.721. The highest BCUT2D eigenvalue weighted by atomic mass is 16.5. The van der Waals surface area contributed by atoms with E-state index in [1.807, 2.05) is 46.0 Å². The molecule has 0 N–H and O–H groups in total. The van der Waals surface area contributed by atoms with E-state index < -0.39 is 0 Å². The summed E-state index contributed by atoms with van der Waals surface area (Å²) in [6, 6.07) is 7.81. The summed E-state index contributed by atoms with van der Waals surface area (Å²) in [7, 11) is 1.54. The van der Waals surface area contributed by atoms with Crippen LogP contribution < -0.4 is 9.47 Å². The number of amides is 1. The lowest BCUT2D eigenvalue weighted by Crippen LogP contribution is -2.44. The molecule has 4 rings (SSSR count). The predicted molar refractivity (Wildman–Crippen MR) is 95.5 cm³/mol. The van der Waals surface area contributed by atoms with Crippen LogP contribution in [0.2, 0.25) is 0 Å². The van der Waals surface area contributed by atoms with E-state index in [4.69, 9.17) is 9.47 Å². The number of fused-ring (bicyclic) bond motifs is 1. The van der Waals surface area contributed by atoms with Crippen LogP contribution in [-0.2, 0) is 0 Å². The molecular weight excluding hydrogens is 332 g/mol. The van der Waals surface area contributed by atoms with Gasteiger partial charge in [-0.25, -0.2) is 0 Å². The molecule has 1 amide bonds. The van der Waals surface area contributed by atoms with Gasteiger partial charge in [-0.2, -0.15) is 4.98 Å². The molecule has 0 bridgehead atoms. The average molecular weight is 352 g/mol. The smallest absolute Gasteiger partial charge is 0.255 e. The van der Waals surface area contributed by atoms with Gasteiger partial charge >= 0.3 is 0 Å². The second-order valence-electron chi connectivity index (χ2n) is 6.29. The minimum Gasteiger partial charge on any atom is -0.480 e. The second kappa shape index (κ2) is 7.03. The van der Waals surface area contributed by atoms with Gasteiger partial charge in [0.05, 0.1) is 31.6 Å². The molecule has 7 nitrogen and oxygen atoms in total. The van der Waals surface area contributed by atoms with Crippen molar-refractivity contribution in [2.24, 2.45) is 0 Å². The third kappa shape index (κ3) is 3.33. The average Bonchev–Trinajstić information content (AvgIpc) is 3.12. The normalized spacial score (nSPS) is 17.3. The Morgan fingerprint density at radius 2 is 2.15 bits per heavy atom. The van der Waals surface area contributed by atoms with E-state index in [0.29, 0.717) is 23.9 Å². The molecule has 0 spiro atoms. The maximum atomic E-state index is 12.9. The Balaban J connectivity index is 1.46. The van der Waals surface area contributed by atoms with Gasteiger partial charge in [0.1, 0.15) is 6.10 Å². The molecule has 1 aliphatic heterocycles. The van der Waals surface area contributed by atoms with Gasteiger partial charge in [-0.15, -0.1) is 0 Å². The van der Waals surface area contributed by atoms with Gasteiger partial charge in [-0.05, 0) is 31.0 Å². The first-order valence-electron chi connectivity index (χ1n) is 8.61. The first-order chi connectivity index (χ1) is 12.7. The molecule has 26 heavy (non-hydrogen) atoms. The Labute approximate surface area is 151 Å². The number of methoxy groups -OCH3 is 1. The topological polar surface area (TPSA) is 69.0 Å². The van der Waals surface area contributed by atoms with E-state index >= 15 is 0 Å². The van der Waals surface area contributed by atoms with Crippen molar-refractivity contribution in [1.82, 2.24) is 19.3 Å². The van der Waals surface area contributed by atoms with E-state index in [-0.39, 0.29) is 12.0 Å². The van der Waals surface area contributed by atoms with Crippen molar-refractivity contribution in [3.05, 3.63) is 54.6 Å². The molecule has 1 unspecified atom stereocenters. The standard InChI is InChI=1S/C19H20N4O3/c1-25-17-10-20-11-18(21-17)26-16-6-4-8-23(13-16)19(24)14-9-15-5-2-3-7-22(15)12-14/h2-3,5,7,9-12,16H,4,6,8,13H2,1H3. The molecule has 1 saturated heterocycles. The first-order valence-corrected chi connectivity index (χ1v) is 8.61. The van der Waals surface area contributed by atoms with E-state index in [0.717, 1.165) is 24.9 Å². The number of nitrogens with zero attached hydrogens (tertiary/aromatic N) is 4. The van der Waals surface area contributed by atoms with Gasteiger partial charge < -0.3 is 18.8 Å². The lowest BCUT2D eigenvalue weighted by Gasteiger charge is -2.32. The van der Waals surface area contributed by atoms with Crippen LogP contribution in [0, 0.1) is 0 Å². The van der Waals surface area contributed by atoms with Crippen LogP contribution in [-0.4, -0.2) is 51.5 Å². The second-order valence-corrected chi connectivity index (χ2v) is 6.29. The van der Waals surface area contributed by atoms with Crippen LogP contribution in [0.4, 0.5) is 0 Å². The molecule has 0 aliphatic carbocycles. The van der Waals surface area contributed by atoms with Crippen molar-refractivity contribution in [1.29, 1.82) is 0 Å². The molecule has 0 saturated carbocycles. The Morgan fingerprint density at radius 1 is 1.27 bits per heavy atom. The number of hydrogen-bond acceptors (Lipinski definition) is 5. The number of likely N-dealkylation sites (tertiary alicyclic amines) is 1. The highest BCUT2D eigenvalue weighted by Gasteiger charge is 2.26. The summed E-state index contributed by atoms with van der Waals surface area (Å²) in [5.41, 5.74) is 1.70. The summed E-state index contributed by atoms with van der Waals surface area (Å²) in [5, 5.41) is 0. The number of ether oxygens (including phenoxy) is 2. The fraction of sp³-hybridized carbons (Fsp3) is 0.316. The van der Waals surface area contributed by atoms with Gasteiger partial charge in [0, 0.05) is 24.5 Å². The van der Waals surface area contributed by atoms with Crippen molar-refractivity contribution in [3.8, 4) is 11.8 Å². The number of rotatable bonds is 4. The maximum Gasteiger partial charge on any atom is 0.255 e. The van der Waals surface area contributed by atoms with Crippen molar-refractivity contribution in [2.75, 3.05) is 20.2 Å². The molecule has 4 heterocycles. The van der Waals surface area contributed by atoms with Gasteiger partial charge in [0.2, 0.25) is 11.8 Å². The summed E-state index contributed by atoms with van der Waals surface area (Å²) in [5.74, 6) is 0.851. The largest absolute Gasteiger partial charge is 0.480 e. The first kappa shape index (κ1) is 16.4. The fourth-order valence-corrected chi connectivity index (χ4v) is 3.23. The molecule has 0 radical (unpaired) electrons. The molecule has 134 valence electrons. The van der Waals surface area contributed by atoms with Crippen molar-refractivity contribution in [3.63, 3.8) is 0 Å². The monoisotopic (exact) mass is 352 g/mol. The van der Waals surface area contributed by atoms with Crippen molar-refractivity contribution in [2.45, 2.75) is 18.9 Å². The zero-order chi connectivity index (χ0) is 17.9. The van der Waals surface area contributed by atoms with Crippen LogP contribution in [0.15, 0.2) is 49.1 Å². The van der Waals surface area contributed by atoms with Crippen LogP contribution in [0.5, 0.6) is 11.8 Å². The van der Waals surface area contributed by atoms with Crippen LogP contribution >= 0.6 is 0 Å². The van der Waals surface area contributed by atoms with E-state index in [1.54, 1.807) is 6.20 Å². The summed E-state index contributed by atoms with van der Waals surface area (Å²) >= 11 is 0. The van der Waals surface area contributed by atoms with Gasteiger partial charge in [0.15, 0.2) is 0 Å². The van der Waals surface area contributed by atoms with Gasteiger partial charge in [-0.1, -0.05) is 6.07 Å². The molecule has 1 atom stereocenters. The maximum absolute atomic E-state index is 12.9. The van der Waals surface area contributed by atoms with Crippen LogP contribution in [0.3, 0.4) is 0 Å². The Bertz CT molecular complexity index is 891. The molecular formula is C19H20N4O3. The Hall–Kier alpha value is -3.09. The Kier molecular flexibility index (Phi) is 4.43. The minimum absolute atomic E-state index is 0.0266. The number of piperidine rings is 1. The summed E-state index contributed by atoms with van der Waals surface area (Å²) < 4.78 is 12.9. The SMILES string of the molecule is COc1cncc(OC2CCCN(C(=O)c3cc4ccccn4c3)C2)n1. The van der Waals surface area contributed by atoms with Crippen molar-refractivity contribution >= 4 is 11.4 Å². The Morgan fingerprint density at radius 3 is 3.00 bits per heavy atom. The number of hydrogen-bond donors (Lipinski definition) is 0. The predicted octanol–water partition coefficient (Wildman–Crippen LogP) is 2.42. The highest BCUT2D eigenvalue weighted by Crippen LogP contribution is 2.20. The lowest BCUT2D eigenvalue weighted by atomic mass is 10.1. The van der Waals surface area contributed by atoms with Crippen molar-refractivity contribution < 1.29 is 14.3 Å². The molecule has 0 aromatic carbocycles. The van der Waals surface area contributed by atoms with Crippen LogP contribution in [0.1, 0.15) is 23.2 Å². The summed E-state index contributed by atoms with van der Waals surface area (Å²) in [6.07, 6.45) is 8.56. The third-order valence-corrected chi connectivity index (χ3v) is 4.50. The van der Waals surface area contributed by atoms with Gasteiger partial charge in [0.25, 0.3) is 5.91 Å². The highest BCUT2D eigenvalue weighted by molar-refractivity contribution is 5.95. The molecule has 3 aromatic rings. The van der Waals surface area contributed by atoms with Gasteiger partial charge in [-0.3, -0.25) is 9.78 Å². The van der Waals surface area contributed by atoms with E-state index in [1.165, 1.54) is 13.3 Å². The number of aromatic nitrogens is 3. The van der Waals surface area contributed by atoms with Crippen LogP contribution in [0.25, 0.3) is 5.52 Å². The summed E-state index contributed by atoms with van der Waals surface area (Å²) in [4.78, 5) is 23.0. The molecule has 3 aromatic heterocycles. The number of pyridine rings is 1. The third-order valence-electron chi connectivity index (χ3n) is 4.50. The fourth-order valence-electron chi connectivity index (χ4n) is 3.23. The zero-order valence-corrected chi connectivity index (χ0v) is 14.5. The van der Waals surface area contributed by atoms with E-state index in [2.05, 4.69) is 9.97 Å². The summed E-state index contributed by atoms with van der Waals surface area (Å²) in [6.45, 7) is 1.26. The number of carbonyl (C=O) groups is 1. The number of carbonyl (C=O) groups excluding carboxylic acids is 1. The molecule has 1 aliphatic rings. The van der Waals surface area contributed by atoms with E-state index in [9.17, 15) is 4.79 Å². The molecule has 7 heteroatoms.